The maximum atomic E-state index is 11.0. The van der Waals surface area contributed by atoms with Crippen LogP contribution in [0.5, 0.6) is 5.75 Å². The minimum Gasteiger partial charge on any atom is -0.494 e. The number of nitrogens with zero attached hydrogens (tertiary/aromatic N) is 1. The van der Waals surface area contributed by atoms with Crippen molar-refractivity contribution in [1.29, 1.82) is 0 Å². The fraction of sp³-hybridized carbons (Fsp3) is 0.412. The lowest BCUT2D eigenvalue weighted by molar-refractivity contribution is 0.0701. The molecule has 2 aromatic rings. The largest absolute Gasteiger partial charge is 0.494 e. The van der Waals surface area contributed by atoms with Gasteiger partial charge in [0.25, 0.3) is 0 Å². The number of hydrogen-bond donors (Lipinski definition) is 1. The van der Waals surface area contributed by atoms with E-state index in [0.717, 1.165) is 30.0 Å². The first-order valence-corrected chi connectivity index (χ1v) is 8.39. The summed E-state index contributed by atoms with van der Waals surface area (Å²) in [6.07, 6.45) is 5.18. The average Bonchev–Trinajstić information content (AvgIpc) is 3.09. The highest BCUT2D eigenvalue weighted by molar-refractivity contribution is 7.13. The standard InChI is InChI=1S/C17H19NO3S/c1-11-16(17(19)20)22-15(18-11)6-3-9-21-14-8-7-12-4-2-5-13(12)10-14/h7-8,10H,2-6,9H2,1H3,(H,19,20). The number of aryl methyl sites for hydroxylation is 4. The molecule has 0 spiro atoms. The van der Waals surface area contributed by atoms with Gasteiger partial charge >= 0.3 is 5.97 Å². The molecule has 0 unspecified atom stereocenters. The zero-order valence-electron chi connectivity index (χ0n) is 12.6. The van der Waals surface area contributed by atoms with E-state index in [-0.39, 0.29) is 0 Å². The van der Waals surface area contributed by atoms with Gasteiger partial charge in [-0.2, -0.15) is 0 Å². The summed E-state index contributed by atoms with van der Waals surface area (Å²) < 4.78 is 5.80. The van der Waals surface area contributed by atoms with Gasteiger partial charge in [-0.25, -0.2) is 9.78 Å². The van der Waals surface area contributed by atoms with Crippen LogP contribution in [-0.2, 0) is 19.3 Å². The number of carboxylic acid groups (broad SMARTS) is 1. The van der Waals surface area contributed by atoms with Crippen LogP contribution in [-0.4, -0.2) is 22.7 Å². The van der Waals surface area contributed by atoms with Crippen LogP contribution in [0.1, 0.15) is 44.3 Å². The van der Waals surface area contributed by atoms with Crippen LogP contribution in [0.4, 0.5) is 0 Å². The van der Waals surface area contributed by atoms with Gasteiger partial charge in [0.2, 0.25) is 0 Å². The second kappa shape index (κ2) is 6.48. The van der Waals surface area contributed by atoms with Crippen molar-refractivity contribution >= 4 is 17.3 Å². The molecule has 0 bridgehead atoms. The fourth-order valence-electron chi connectivity index (χ4n) is 2.81. The number of hydrogen-bond acceptors (Lipinski definition) is 4. The second-order valence-corrected chi connectivity index (χ2v) is 6.65. The summed E-state index contributed by atoms with van der Waals surface area (Å²) in [6, 6.07) is 6.36. The summed E-state index contributed by atoms with van der Waals surface area (Å²) in [5, 5.41) is 9.89. The minimum atomic E-state index is -0.893. The molecule has 1 aromatic carbocycles. The van der Waals surface area contributed by atoms with Crippen molar-refractivity contribution in [1.82, 2.24) is 4.98 Å². The number of aromatic nitrogens is 1. The fourth-order valence-corrected chi connectivity index (χ4v) is 3.75. The predicted octanol–water partition coefficient (Wildman–Crippen LogP) is 3.65. The lowest BCUT2D eigenvalue weighted by Crippen LogP contribution is -2.00. The maximum Gasteiger partial charge on any atom is 0.347 e. The molecule has 116 valence electrons. The molecule has 0 saturated heterocycles. The Hall–Kier alpha value is -1.88. The Morgan fingerprint density at radius 2 is 2.18 bits per heavy atom. The van der Waals surface area contributed by atoms with E-state index in [1.165, 1.54) is 35.3 Å². The number of benzene rings is 1. The predicted molar refractivity (Wildman–Crippen MR) is 86.1 cm³/mol. The zero-order valence-corrected chi connectivity index (χ0v) is 13.4. The number of ether oxygens (including phenoxy) is 1. The first kappa shape index (κ1) is 15.0. The van der Waals surface area contributed by atoms with Crippen LogP contribution in [0.3, 0.4) is 0 Å². The molecular weight excluding hydrogens is 298 g/mol. The lowest BCUT2D eigenvalue weighted by Gasteiger charge is -2.07. The van der Waals surface area contributed by atoms with Crippen LogP contribution in [0.2, 0.25) is 0 Å². The quantitative estimate of drug-likeness (QED) is 0.826. The van der Waals surface area contributed by atoms with Crippen LogP contribution in [0.25, 0.3) is 0 Å². The highest BCUT2D eigenvalue weighted by atomic mass is 32.1. The summed E-state index contributed by atoms with van der Waals surface area (Å²) in [5.74, 6) is 0.0397. The number of carboxylic acids is 1. The first-order chi connectivity index (χ1) is 10.6. The van der Waals surface area contributed by atoms with Gasteiger partial charge in [-0.3, -0.25) is 0 Å². The first-order valence-electron chi connectivity index (χ1n) is 7.57. The third-order valence-electron chi connectivity index (χ3n) is 3.91. The van der Waals surface area contributed by atoms with Gasteiger partial charge in [0.05, 0.1) is 17.3 Å². The summed E-state index contributed by atoms with van der Waals surface area (Å²) >= 11 is 1.26. The molecule has 0 radical (unpaired) electrons. The third kappa shape index (κ3) is 3.30. The minimum absolute atomic E-state index is 0.342. The highest BCUT2D eigenvalue weighted by Gasteiger charge is 2.14. The third-order valence-corrected chi connectivity index (χ3v) is 5.11. The van der Waals surface area contributed by atoms with E-state index in [1.807, 2.05) is 6.07 Å². The molecule has 0 amide bonds. The molecule has 1 aromatic heterocycles. The molecule has 1 N–H and O–H groups in total. The van der Waals surface area contributed by atoms with E-state index in [9.17, 15) is 4.79 Å². The molecular formula is C17H19NO3S. The normalized spacial score (nSPS) is 13.1. The Labute approximate surface area is 133 Å². The Morgan fingerprint density at radius 3 is 2.95 bits per heavy atom. The van der Waals surface area contributed by atoms with Crippen molar-refractivity contribution in [2.45, 2.75) is 39.0 Å². The van der Waals surface area contributed by atoms with E-state index >= 15 is 0 Å². The van der Waals surface area contributed by atoms with Gasteiger partial charge in [0.15, 0.2) is 0 Å². The maximum absolute atomic E-state index is 11.0. The van der Waals surface area contributed by atoms with Crippen molar-refractivity contribution in [2.24, 2.45) is 0 Å². The second-order valence-electron chi connectivity index (χ2n) is 5.56. The Balaban J connectivity index is 1.49. The van der Waals surface area contributed by atoms with Crippen LogP contribution in [0, 0.1) is 6.92 Å². The van der Waals surface area contributed by atoms with Crippen LogP contribution < -0.4 is 4.74 Å². The molecule has 1 aliphatic rings. The molecule has 3 rings (SSSR count). The van der Waals surface area contributed by atoms with Crippen molar-refractivity contribution in [3.05, 3.63) is 44.9 Å². The number of thiazole rings is 1. The average molecular weight is 317 g/mol. The van der Waals surface area contributed by atoms with Crippen molar-refractivity contribution in [2.75, 3.05) is 6.61 Å². The van der Waals surface area contributed by atoms with Crippen LogP contribution >= 0.6 is 11.3 Å². The summed E-state index contributed by atoms with van der Waals surface area (Å²) in [4.78, 5) is 15.6. The number of carbonyl (C=O) groups is 1. The molecule has 5 heteroatoms. The highest BCUT2D eigenvalue weighted by Crippen LogP contribution is 2.26. The van der Waals surface area contributed by atoms with Crippen LogP contribution in [0.15, 0.2) is 18.2 Å². The Morgan fingerprint density at radius 1 is 1.36 bits per heavy atom. The smallest absolute Gasteiger partial charge is 0.347 e. The van der Waals surface area contributed by atoms with Crippen molar-refractivity contribution in [3.8, 4) is 5.75 Å². The molecule has 0 aliphatic heterocycles. The van der Waals surface area contributed by atoms with Crippen molar-refractivity contribution < 1.29 is 14.6 Å². The summed E-state index contributed by atoms with van der Waals surface area (Å²) in [6.45, 7) is 2.37. The van der Waals surface area contributed by atoms with Crippen molar-refractivity contribution in [3.63, 3.8) is 0 Å². The Bertz CT molecular complexity index is 693. The van der Waals surface area contributed by atoms with E-state index in [2.05, 4.69) is 17.1 Å². The molecule has 22 heavy (non-hydrogen) atoms. The molecule has 1 aliphatic carbocycles. The summed E-state index contributed by atoms with van der Waals surface area (Å²) in [7, 11) is 0. The molecule has 0 saturated carbocycles. The zero-order chi connectivity index (χ0) is 15.5. The van der Waals surface area contributed by atoms with Gasteiger partial charge in [-0.1, -0.05) is 6.07 Å². The van der Waals surface area contributed by atoms with Gasteiger partial charge in [-0.05, 0) is 55.9 Å². The van der Waals surface area contributed by atoms with Gasteiger partial charge in [-0.15, -0.1) is 11.3 Å². The number of aromatic carboxylic acids is 1. The molecule has 4 nitrogen and oxygen atoms in total. The van der Waals surface area contributed by atoms with E-state index in [0.29, 0.717) is 17.2 Å². The van der Waals surface area contributed by atoms with E-state index in [1.54, 1.807) is 6.92 Å². The monoisotopic (exact) mass is 317 g/mol. The number of rotatable bonds is 6. The van der Waals surface area contributed by atoms with Gasteiger partial charge in [0, 0.05) is 6.42 Å². The summed E-state index contributed by atoms with van der Waals surface area (Å²) in [5.41, 5.74) is 3.47. The Kier molecular flexibility index (Phi) is 4.43. The lowest BCUT2D eigenvalue weighted by atomic mass is 10.1. The van der Waals surface area contributed by atoms with Gasteiger partial charge in [0.1, 0.15) is 10.6 Å². The molecule has 1 heterocycles. The topological polar surface area (TPSA) is 59.4 Å². The van der Waals surface area contributed by atoms with E-state index in [4.69, 9.17) is 9.84 Å². The van der Waals surface area contributed by atoms with Gasteiger partial charge < -0.3 is 9.84 Å². The molecule has 0 fully saturated rings. The van der Waals surface area contributed by atoms with E-state index < -0.39 is 5.97 Å². The molecule has 0 atom stereocenters. The number of fused-ring (bicyclic) bond motifs is 1. The SMILES string of the molecule is Cc1nc(CCCOc2ccc3c(c2)CCC3)sc1C(=O)O.